The van der Waals surface area contributed by atoms with Crippen molar-refractivity contribution in [1.82, 2.24) is 15.1 Å². The van der Waals surface area contributed by atoms with Gasteiger partial charge in [0.15, 0.2) is 5.69 Å². The highest BCUT2D eigenvalue weighted by atomic mass is 32.1. The van der Waals surface area contributed by atoms with Crippen molar-refractivity contribution in [2.75, 3.05) is 0 Å². The Bertz CT molecular complexity index is 688. The summed E-state index contributed by atoms with van der Waals surface area (Å²) in [7, 11) is 1.82. The summed E-state index contributed by atoms with van der Waals surface area (Å²) in [4.78, 5) is 12.9. The molecule has 112 valence electrons. The van der Waals surface area contributed by atoms with Gasteiger partial charge in [0.05, 0.1) is 16.0 Å². The molecule has 5 nitrogen and oxygen atoms in total. The van der Waals surface area contributed by atoms with Crippen LogP contribution in [0.1, 0.15) is 37.2 Å². The number of hydrogen-bond donors (Lipinski definition) is 2. The molecule has 0 aliphatic rings. The number of aryl methyl sites for hydroxylation is 1. The first-order valence-electron chi connectivity index (χ1n) is 6.99. The second kappa shape index (κ2) is 5.81. The van der Waals surface area contributed by atoms with E-state index in [0.717, 1.165) is 10.9 Å². The van der Waals surface area contributed by atoms with E-state index < -0.39 is 5.54 Å². The molecular weight excluding hydrogens is 284 g/mol. The van der Waals surface area contributed by atoms with Crippen LogP contribution in [0.3, 0.4) is 0 Å². The van der Waals surface area contributed by atoms with Gasteiger partial charge in [-0.25, -0.2) is 0 Å². The Hall–Kier alpha value is -1.95. The third-order valence-corrected chi connectivity index (χ3v) is 4.40. The van der Waals surface area contributed by atoms with E-state index in [2.05, 4.69) is 10.4 Å². The first-order chi connectivity index (χ1) is 9.95. The number of aromatic nitrogens is 2. The number of carbonyl (C=O) groups excluding carboxylic acids is 1. The summed E-state index contributed by atoms with van der Waals surface area (Å²) in [5.74, 6) is -0.247. The van der Waals surface area contributed by atoms with Crippen molar-refractivity contribution in [2.24, 2.45) is 12.8 Å². The fourth-order valence-electron chi connectivity index (χ4n) is 2.49. The van der Waals surface area contributed by atoms with Crippen LogP contribution in [0.25, 0.3) is 10.9 Å². The molecule has 0 unspecified atom stereocenters. The number of para-hydroxylation sites is 1. The summed E-state index contributed by atoms with van der Waals surface area (Å²) in [6.45, 7) is 3.92. The van der Waals surface area contributed by atoms with E-state index in [1.165, 1.54) is 0 Å². The van der Waals surface area contributed by atoms with E-state index in [1.807, 2.05) is 45.2 Å². The van der Waals surface area contributed by atoms with Crippen molar-refractivity contribution >= 4 is 34.0 Å². The van der Waals surface area contributed by atoms with Crippen LogP contribution in [0.2, 0.25) is 0 Å². The molecule has 1 amide bonds. The Balaban J connectivity index is 2.41. The molecule has 0 aliphatic carbocycles. The predicted octanol–water partition coefficient (Wildman–Crippen LogP) is 2.15. The molecule has 21 heavy (non-hydrogen) atoms. The third-order valence-electron chi connectivity index (χ3n) is 4.00. The quantitative estimate of drug-likeness (QED) is 0.830. The van der Waals surface area contributed by atoms with E-state index in [1.54, 1.807) is 4.68 Å². The number of rotatable bonds is 5. The van der Waals surface area contributed by atoms with Gasteiger partial charge in [0.1, 0.15) is 0 Å². The average Bonchev–Trinajstić information content (AvgIpc) is 2.82. The lowest BCUT2D eigenvalue weighted by atomic mass is 9.92. The van der Waals surface area contributed by atoms with Gasteiger partial charge in [0.2, 0.25) is 0 Å². The molecule has 0 aliphatic heterocycles. The van der Waals surface area contributed by atoms with Crippen LogP contribution in [0, 0.1) is 0 Å². The number of nitrogens with zero attached hydrogens (tertiary/aromatic N) is 2. The fourth-order valence-corrected chi connectivity index (χ4v) is 2.83. The predicted molar refractivity (Wildman–Crippen MR) is 88.3 cm³/mol. The summed E-state index contributed by atoms with van der Waals surface area (Å²) in [5, 5.41) is 8.11. The first-order valence-corrected chi connectivity index (χ1v) is 7.40. The van der Waals surface area contributed by atoms with Crippen LogP contribution >= 0.6 is 12.2 Å². The molecule has 0 atom stereocenters. The Morgan fingerprint density at radius 1 is 1.38 bits per heavy atom. The van der Waals surface area contributed by atoms with Gasteiger partial charge in [0, 0.05) is 12.4 Å². The number of fused-ring (bicyclic) bond motifs is 1. The summed E-state index contributed by atoms with van der Waals surface area (Å²) in [5.41, 5.74) is 6.48. The summed E-state index contributed by atoms with van der Waals surface area (Å²) < 4.78 is 1.70. The largest absolute Gasteiger partial charge is 0.391 e. The van der Waals surface area contributed by atoms with Crippen molar-refractivity contribution in [2.45, 2.75) is 32.2 Å². The van der Waals surface area contributed by atoms with Gasteiger partial charge in [-0.3, -0.25) is 9.48 Å². The van der Waals surface area contributed by atoms with Crippen molar-refractivity contribution in [1.29, 1.82) is 0 Å². The van der Waals surface area contributed by atoms with Crippen LogP contribution in [0.4, 0.5) is 0 Å². The van der Waals surface area contributed by atoms with Gasteiger partial charge in [-0.2, -0.15) is 5.10 Å². The summed E-state index contributed by atoms with van der Waals surface area (Å²) >= 11 is 5.13. The van der Waals surface area contributed by atoms with Gasteiger partial charge >= 0.3 is 0 Å². The lowest BCUT2D eigenvalue weighted by Crippen LogP contribution is -2.56. The zero-order valence-corrected chi connectivity index (χ0v) is 13.3. The Morgan fingerprint density at radius 3 is 2.57 bits per heavy atom. The second-order valence-electron chi connectivity index (χ2n) is 5.10. The topological polar surface area (TPSA) is 72.9 Å². The number of thiocarbonyl (C=S) groups is 1. The van der Waals surface area contributed by atoms with Crippen LogP contribution < -0.4 is 11.1 Å². The molecule has 0 radical (unpaired) electrons. The lowest BCUT2D eigenvalue weighted by molar-refractivity contribution is 0.0915. The van der Waals surface area contributed by atoms with Gasteiger partial charge in [0.25, 0.3) is 5.91 Å². The Morgan fingerprint density at radius 2 is 2.00 bits per heavy atom. The molecule has 0 saturated carbocycles. The molecule has 0 spiro atoms. The molecule has 1 aromatic carbocycles. The maximum Gasteiger partial charge on any atom is 0.273 e. The van der Waals surface area contributed by atoms with Crippen LogP contribution in [0.15, 0.2) is 24.3 Å². The molecule has 1 aromatic heterocycles. The number of nitrogens with two attached hydrogens (primary N) is 1. The van der Waals surface area contributed by atoms with Crippen LogP contribution in [0.5, 0.6) is 0 Å². The average molecular weight is 304 g/mol. The fraction of sp³-hybridized carbons (Fsp3) is 0.400. The number of amides is 1. The number of hydrogen-bond acceptors (Lipinski definition) is 3. The maximum atomic E-state index is 12.6. The van der Waals surface area contributed by atoms with Crippen molar-refractivity contribution < 1.29 is 4.79 Å². The SMILES string of the molecule is CCC(CC)(NC(=O)c1nn(C)c2ccccc12)C(N)=S. The van der Waals surface area contributed by atoms with Gasteiger partial charge in [-0.05, 0) is 18.9 Å². The molecule has 3 N–H and O–H groups in total. The zero-order valence-electron chi connectivity index (χ0n) is 12.5. The van der Waals surface area contributed by atoms with Crippen LogP contribution in [-0.2, 0) is 7.05 Å². The zero-order chi connectivity index (χ0) is 15.6. The molecule has 0 fully saturated rings. The van der Waals surface area contributed by atoms with E-state index in [9.17, 15) is 4.79 Å². The maximum absolute atomic E-state index is 12.6. The minimum absolute atomic E-state index is 0.247. The second-order valence-corrected chi connectivity index (χ2v) is 5.54. The van der Waals surface area contributed by atoms with Crippen molar-refractivity contribution in [3.8, 4) is 0 Å². The van der Waals surface area contributed by atoms with Gasteiger partial charge in [-0.15, -0.1) is 0 Å². The Labute approximate surface area is 129 Å². The molecule has 0 bridgehead atoms. The van der Waals surface area contributed by atoms with E-state index in [-0.39, 0.29) is 5.91 Å². The Kier molecular flexibility index (Phi) is 4.27. The summed E-state index contributed by atoms with van der Waals surface area (Å²) in [6.07, 6.45) is 1.30. The minimum Gasteiger partial charge on any atom is -0.391 e. The molecule has 1 heterocycles. The number of benzene rings is 1. The smallest absolute Gasteiger partial charge is 0.273 e. The highest BCUT2D eigenvalue weighted by Gasteiger charge is 2.32. The highest BCUT2D eigenvalue weighted by molar-refractivity contribution is 7.80. The molecule has 6 heteroatoms. The molecular formula is C15H20N4OS. The van der Waals surface area contributed by atoms with Crippen LogP contribution in [-0.4, -0.2) is 26.2 Å². The lowest BCUT2D eigenvalue weighted by Gasteiger charge is -2.31. The number of nitrogens with one attached hydrogen (secondary N) is 1. The first kappa shape index (κ1) is 15.4. The molecule has 0 saturated heterocycles. The van der Waals surface area contributed by atoms with E-state index >= 15 is 0 Å². The molecule has 2 rings (SSSR count). The number of carbonyl (C=O) groups is 1. The monoisotopic (exact) mass is 304 g/mol. The summed E-state index contributed by atoms with van der Waals surface area (Å²) in [6, 6.07) is 7.63. The van der Waals surface area contributed by atoms with E-state index in [4.69, 9.17) is 18.0 Å². The standard InChI is InChI=1S/C15H20N4OS/c1-4-15(5-2,14(16)21)17-13(20)12-10-8-6-7-9-11(10)19(3)18-12/h6-9H,4-5H2,1-3H3,(H2,16,21)(H,17,20). The molecule has 2 aromatic rings. The van der Waals surface area contributed by atoms with Crippen molar-refractivity contribution in [3.63, 3.8) is 0 Å². The third kappa shape index (κ3) is 2.63. The normalized spacial score (nSPS) is 11.6. The van der Waals surface area contributed by atoms with Gasteiger partial charge in [-0.1, -0.05) is 44.3 Å². The van der Waals surface area contributed by atoms with Gasteiger partial charge < -0.3 is 11.1 Å². The highest BCUT2D eigenvalue weighted by Crippen LogP contribution is 2.20. The van der Waals surface area contributed by atoms with Crippen molar-refractivity contribution in [3.05, 3.63) is 30.0 Å². The van der Waals surface area contributed by atoms with E-state index in [0.29, 0.717) is 23.5 Å². The minimum atomic E-state index is -0.662.